The fraction of sp³-hybridized carbons (Fsp3) is 0.350. The highest BCUT2D eigenvalue weighted by Gasteiger charge is 2.33. The number of halogens is 3. The predicted molar refractivity (Wildman–Crippen MR) is 103 cm³/mol. The van der Waals surface area contributed by atoms with Gasteiger partial charge in [-0.25, -0.2) is 13.1 Å². The molecule has 2 aromatic rings. The third-order valence-electron chi connectivity index (χ3n) is 4.64. The summed E-state index contributed by atoms with van der Waals surface area (Å²) < 4.78 is 67.1. The Morgan fingerprint density at radius 2 is 1.70 bits per heavy atom. The van der Waals surface area contributed by atoms with E-state index in [-0.39, 0.29) is 10.9 Å². The van der Waals surface area contributed by atoms with Crippen molar-refractivity contribution in [2.24, 2.45) is 5.92 Å². The first kappa shape index (κ1) is 22.1. The first-order valence-corrected chi connectivity index (χ1v) is 10.7. The van der Waals surface area contributed by atoms with Gasteiger partial charge in [0.05, 0.1) is 17.5 Å². The maximum absolute atomic E-state index is 12.3. The van der Waals surface area contributed by atoms with Crippen LogP contribution in [0.3, 0.4) is 0 Å². The van der Waals surface area contributed by atoms with Gasteiger partial charge >= 0.3 is 6.36 Å². The van der Waals surface area contributed by atoms with Crippen LogP contribution in [0.4, 0.5) is 13.2 Å². The van der Waals surface area contributed by atoms with Crippen molar-refractivity contribution in [1.82, 2.24) is 10.0 Å². The van der Waals surface area contributed by atoms with Crippen LogP contribution in [-0.4, -0.2) is 27.2 Å². The lowest BCUT2D eigenvalue weighted by Crippen LogP contribution is -2.39. The second-order valence-corrected chi connectivity index (χ2v) is 8.90. The smallest absolute Gasteiger partial charge is 0.406 e. The Bertz CT molecular complexity index is 986. The minimum atomic E-state index is -4.87. The lowest BCUT2D eigenvalue weighted by Gasteiger charge is -2.19. The van der Waals surface area contributed by atoms with E-state index in [1.54, 1.807) is 0 Å². The number of alkyl halides is 3. The van der Waals surface area contributed by atoms with Crippen molar-refractivity contribution in [2.45, 2.75) is 37.1 Å². The number of carbonyl (C=O) groups is 1. The third-order valence-corrected chi connectivity index (χ3v) is 6.05. The van der Waals surface area contributed by atoms with E-state index in [4.69, 9.17) is 0 Å². The fourth-order valence-electron chi connectivity index (χ4n) is 2.97. The maximum Gasteiger partial charge on any atom is 0.573 e. The summed E-state index contributed by atoms with van der Waals surface area (Å²) >= 11 is 0. The van der Waals surface area contributed by atoms with E-state index in [0.29, 0.717) is 5.92 Å². The molecule has 3 rings (SSSR count). The van der Waals surface area contributed by atoms with Crippen molar-refractivity contribution in [3.05, 3.63) is 59.7 Å². The van der Waals surface area contributed by atoms with E-state index in [1.807, 2.05) is 31.2 Å². The molecular weight excluding hydrogens is 421 g/mol. The van der Waals surface area contributed by atoms with Gasteiger partial charge in [-0.2, -0.15) is 0 Å². The van der Waals surface area contributed by atoms with Crippen LogP contribution in [0.1, 0.15) is 30.0 Å². The lowest BCUT2D eigenvalue weighted by molar-refractivity contribution is -0.274. The van der Waals surface area contributed by atoms with Gasteiger partial charge in [0.15, 0.2) is 0 Å². The van der Waals surface area contributed by atoms with Gasteiger partial charge in [-0.1, -0.05) is 29.8 Å². The Morgan fingerprint density at radius 3 is 2.23 bits per heavy atom. The molecule has 1 amide bonds. The van der Waals surface area contributed by atoms with E-state index < -0.39 is 34.6 Å². The second-order valence-electron chi connectivity index (χ2n) is 7.14. The fourth-order valence-corrected chi connectivity index (χ4v) is 3.95. The molecule has 1 fully saturated rings. The quantitative estimate of drug-likeness (QED) is 0.656. The molecule has 1 aliphatic rings. The average molecular weight is 442 g/mol. The summed E-state index contributed by atoms with van der Waals surface area (Å²) in [6.45, 7) is 1.48. The molecular formula is C20H21F3N2O4S. The van der Waals surface area contributed by atoms with Crippen molar-refractivity contribution in [3.8, 4) is 5.75 Å². The van der Waals surface area contributed by atoms with Crippen LogP contribution in [0.5, 0.6) is 5.75 Å². The predicted octanol–water partition coefficient (Wildman–Crippen LogP) is 3.44. The zero-order chi connectivity index (χ0) is 21.9. The van der Waals surface area contributed by atoms with Gasteiger partial charge in [0, 0.05) is 0 Å². The van der Waals surface area contributed by atoms with Crippen molar-refractivity contribution < 1.29 is 31.1 Å². The molecule has 1 atom stereocenters. The van der Waals surface area contributed by atoms with Gasteiger partial charge in [0.1, 0.15) is 5.75 Å². The van der Waals surface area contributed by atoms with E-state index in [1.165, 1.54) is 0 Å². The molecule has 1 saturated carbocycles. The molecule has 0 radical (unpaired) electrons. The first-order chi connectivity index (χ1) is 14.0. The van der Waals surface area contributed by atoms with Crippen molar-refractivity contribution in [1.29, 1.82) is 0 Å². The molecule has 2 N–H and O–H groups in total. The summed E-state index contributed by atoms with van der Waals surface area (Å²) in [6, 6.07) is 11.3. The molecule has 1 aliphatic carbocycles. The summed E-state index contributed by atoms with van der Waals surface area (Å²) in [5, 5.41) is 2.86. The van der Waals surface area contributed by atoms with Crippen molar-refractivity contribution >= 4 is 15.9 Å². The monoisotopic (exact) mass is 442 g/mol. The zero-order valence-electron chi connectivity index (χ0n) is 16.1. The molecule has 0 aliphatic heterocycles. The zero-order valence-corrected chi connectivity index (χ0v) is 16.9. The Morgan fingerprint density at radius 1 is 1.10 bits per heavy atom. The number of ether oxygens (including phenoxy) is 1. The van der Waals surface area contributed by atoms with E-state index in [0.717, 1.165) is 48.2 Å². The molecule has 10 heteroatoms. The molecule has 0 aromatic heterocycles. The Hall–Kier alpha value is -2.59. The standard InChI is InChI=1S/C20H21F3N2O4S/c1-13-2-4-14(5-3-13)19(15-6-7-15)25-18(26)12-24-30(27,28)17-10-8-16(9-11-17)29-20(21,22)23/h2-5,8-11,15,19,24H,6-7,12H2,1H3,(H,25,26)/t19-/m1/s1. The Balaban J connectivity index is 1.59. The largest absolute Gasteiger partial charge is 0.573 e. The number of sulfonamides is 1. The Kier molecular flexibility index (Phi) is 6.37. The number of hydrogen-bond acceptors (Lipinski definition) is 4. The van der Waals surface area contributed by atoms with E-state index >= 15 is 0 Å². The molecule has 0 spiro atoms. The van der Waals surface area contributed by atoms with Crippen LogP contribution < -0.4 is 14.8 Å². The normalized spacial score (nSPS) is 15.5. The minimum absolute atomic E-state index is 0.193. The number of carbonyl (C=O) groups excluding carboxylic acids is 1. The highest BCUT2D eigenvalue weighted by Crippen LogP contribution is 2.41. The van der Waals surface area contributed by atoms with Crippen molar-refractivity contribution in [3.63, 3.8) is 0 Å². The number of rotatable bonds is 8. The van der Waals surface area contributed by atoms with Crippen LogP contribution in [-0.2, 0) is 14.8 Å². The van der Waals surface area contributed by atoms with E-state index in [9.17, 15) is 26.4 Å². The average Bonchev–Trinajstić information content (AvgIpc) is 3.50. The van der Waals surface area contributed by atoms with Gasteiger partial charge in [-0.05, 0) is 55.5 Å². The summed E-state index contributed by atoms with van der Waals surface area (Å²) in [6.07, 6.45) is -2.90. The van der Waals surface area contributed by atoms with Gasteiger partial charge in [-0.15, -0.1) is 13.2 Å². The topological polar surface area (TPSA) is 84.5 Å². The summed E-state index contributed by atoms with van der Waals surface area (Å²) in [4.78, 5) is 12.1. The minimum Gasteiger partial charge on any atom is -0.406 e. The highest BCUT2D eigenvalue weighted by atomic mass is 32.2. The Labute approximate surface area is 172 Å². The summed E-state index contributed by atoms with van der Waals surface area (Å²) in [7, 11) is -4.07. The lowest BCUT2D eigenvalue weighted by atomic mass is 10.0. The molecule has 2 aromatic carbocycles. The molecule has 30 heavy (non-hydrogen) atoms. The molecule has 6 nitrogen and oxygen atoms in total. The number of aryl methyl sites for hydroxylation is 1. The van der Waals surface area contributed by atoms with Crippen molar-refractivity contribution in [2.75, 3.05) is 6.54 Å². The van der Waals surface area contributed by atoms with Crippen LogP contribution in [0, 0.1) is 12.8 Å². The summed E-state index contributed by atoms with van der Waals surface area (Å²) in [5.74, 6) is -0.716. The summed E-state index contributed by atoms with van der Waals surface area (Å²) in [5.41, 5.74) is 2.05. The highest BCUT2D eigenvalue weighted by molar-refractivity contribution is 7.89. The number of amides is 1. The van der Waals surface area contributed by atoms with Crippen LogP contribution in [0.15, 0.2) is 53.4 Å². The number of hydrogen-bond donors (Lipinski definition) is 2. The van der Waals surface area contributed by atoms with Gasteiger partial charge in [0.25, 0.3) is 0 Å². The molecule has 0 unspecified atom stereocenters. The maximum atomic E-state index is 12.3. The van der Waals surface area contributed by atoms with Gasteiger partial charge < -0.3 is 10.1 Å². The van der Waals surface area contributed by atoms with Crippen LogP contribution in [0.25, 0.3) is 0 Å². The van der Waals surface area contributed by atoms with Crippen LogP contribution in [0.2, 0.25) is 0 Å². The molecule has 162 valence electrons. The van der Waals surface area contributed by atoms with Gasteiger partial charge in [-0.3, -0.25) is 4.79 Å². The number of nitrogens with one attached hydrogen (secondary N) is 2. The number of benzene rings is 2. The molecule has 0 saturated heterocycles. The van der Waals surface area contributed by atoms with E-state index in [2.05, 4.69) is 14.8 Å². The molecule has 0 bridgehead atoms. The van der Waals surface area contributed by atoms with Crippen LogP contribution >= 0.6 is 0 Å². The third kappa shape index (κ3) is 6.20. The first-order valence-electron chi connectivity index (χ1n) is 9.25. The second kappa shape index (κ2) is 8.65. The molecule has 0 heterocycles. The SMILES string of the molecule is Cc1ccc([C@@H](NC(=O)CNS(=O)(=O)c2ccc(OC(F)(F)F)cc2)C2CC2)cc1. The van der Waals surface area contributed by atoms with Gasteiger partial charge in [0.2, 0.25) is 15.9 Å².